The summed E-state index contributed by atoms with van der Waals surface area (Å²) < 4.78 is 5.98. The molecule has 0 saturated carbocycles. The summed E-state index contributed by atoms with van der Waals surface area (Å²) >= 11 is 11.5. The summed E-state index contributed by atoms with van der Waals surface area (Å²) in [6.07, 6.45) is 0. The fourth-order valence-electron chi connectivity index (χ4n) is 2.62. The quantitative estimate of drug-likeness (QED) is 0.554. The molecule has 1 N–H and O–H groups in total. The van der Waals surface area contributed by atoms with E-state index in [0.29, 0.717) is 18.1 Å². The predicted molar refractivity (Wildman–Crippen MR) is 112 cm³/mol. The molecule has 0 saturated heterocycles. The van der Waals surface area contributed by atoms with Crippen LogP contribution in [0.15, 0.2) is 72.8 Å². The molecule has 2 nitrogen and oxygen atoms in total. The summed E-state index contributed by atoms with van der Waals surface area (Å²) in [5.41, 5.74) is 4.39. The van der Waals surface area contributed by atoms with Gasteiger partial charge in [-0.1, -0.05) is 77.9 Å². The van der Waals surface area contributed by atoms with E-state index in [9.17, 15) is 0 Å². The fraction of sp³-hybridized carbons (Fsp3) is 0.136. The van der Waals surface area contributed by atoms with Crippen molar-refractivity contribution in [2.75, 3.05) is 0 Å². The number of ether oxygens (including phenoxy) is 1. The van der Waals surface area contributed by atoms with Gasteiger partial charge in [0.05, 0.1) is 5.56 Å². The van der Waals surface area contributed by atoms with E-state index in [0.717, 1.165) is 21.9 Å². The first-order valence-electron chi connectivity index (χ1n) is 8.42. The van der Waals surface area contributed by atoms with Gasteiger partial charge in [-0.05, 0) is 42.3 Å². The second-order valence-electron chi connectivity index (χ2n) is 6.08. The van der Waals surface area contributed by atoms with Crippen LogP contribution in [0.2, 0.25) is 5.02 Å². The van der Waals surface area contributed by atoms with Crippen molar-refractivity contribution in [2.24, 2.45) is 0 Å². The molecule has 0 spiro atoms. The van der Waals surface area contributed by atoms with Gasteiger partial charge in [-0.2, -0.15) is 0 Å². The maximum Gasteiger partial charge on any atom is 0.129 e. The molecule has 3 aromatic carbocycles. The first kappa shape index (κ1) is 18.4. The largest absolute Gasteiger partial charge is 0.488 e. The lowest BCUT2D eigenvalue weighted by Gasteiger charge is -2.14. The van der Waals surface area contributed by atoms with Crippen molar-refractivity contribution in [1.82, 2.24) is 5.32 Å². The normalized spacial score (nSPS) is 10.4. The van der Waals surface area contributed by atoms with Crippen LogP contribution in [-0.4, -0.2) is 4.99 Å². The van der Waals surface area contributed by atoms with Gasteiger partial charge < -0.3 is 10.1 Å². The van der Waals surface area contributed by atoms with Gasteiger partial charge in [-0.15, -0.1) is 0 Å². The van der Waals surface area contributed by atoms with Gasteiger partial charge in [-0.25, -0.2) is 0 Å². The number of hydrogen-bond donors (Lipinski definition) is 1. The first-order chi connectivity index (χ1) is 12.6. The van der Waals surface area contributed by atoms with Crippen LogP contribution in [-0.2, 0) is 13.2 Å². The van der Waals surface area contributed by atoms with E-state index >= 15 is 0 Å². The highest BCUT2D eigenvalue weighted by molar-refractivity contribution is 7.80. The van der Waals surface area contributed by atoms with Crippen LogP contribution >= 0.6 is 23.8 Å². The molecule has 0 fully saturated rings. The van der Waals surface area contributed by atoms with Gasteiger partial charge in [0.15, 0.2) is 0 Å². The minimum atomic E-state index is 0.467. The molecule has 0 bridgehead atoms. The van der Waals surface area contributed by atoms with E-state index < -0.39 is 0 Å². The van der Waals surface area contributed by atoms with Gasteiger partial charge in [-0.3, -0.25) is 0 Å². The zero-order valence-electron chi connectivity index (χ0n) is 14.5. The zero-order valence-corrected chi connectivity index (χ0v) is 16.1. The Morgan fingerprint density at radius 3 is 2.50 bits per heavy atom. The van der Waals surface area contributed by atoms with Crippen LogP contribution in [0.4, 0.5) is 0 Å². The standard InChI is InChI=1S/C22H20ClNOS/c1-16-5-4-6-18(13-16)14-24-22(26)20-7-2-3-8-21(20)25-15-17-9-11-19(23)12-10-17/h2-13H,14-15H2,1H3,(H,24,26). The molecule has 0 radical (unpaired) electrons. The Bertz CT molecular complexity index is 893. The molecule has 0 amide bonds. The van der Waals surface area contributed by atoms with Gasteiger partial charge in [0.2, 0.25) is 0 Å². The second kappa shape index (κ2) is 8.84. The number of nitrogens with one attached hydrogen (secondary N) is 1. The highest BCUT2D eigenvalue weighted by Gasteiger charge is 2.09. The lowest BCUT2D eigenvalue weighted by Crippen LogP contribution is -2.22. The molecule has 0 heterocycles. The monoisotopic (exact) mass is 381 g/mol. The Balaban J connectivity index is 1.65. The summed E-state index contributed by atoms with van der Waals surface area (Å²) in [5.74, 6) is 0.768. The van der Waals surface area contributed by atoms with Crippen LogP contribution in [0.3, 0.4) is 0 Å². The first-order valence-corrected chi connectivity index (χ1v) is 9.20. The average Bonchev–Trinajstić information content (AvgIpc) is 2.66. The third-order valence-corrected chi connectivity index (χ3v) is 4.59. The highest BCUT2D eigenvalue weighted by Crippen LogP contribution is 2.20. The highest BCUT2D eigenvalue weighted by atomic mass is 35.5. The number of rotatable bonds is 6. The molecule has 4 heteroatoms. The van der Waals surface area contributed by atoms with E-state index in [2.05, 4.69) is 36.5 Å². The van der Waals surface area contributed by atoms with Crippen molar-refractivity contribution >= 4 is 28.8 Å². The summed E-state index contributed by atoms with van der Waals surface area (Å²) in [4.78, 5) is 0.679. The minimum Gasteiger partial charge on any atom is -0.488 e. The van der Waals surface area contributed by atoms with Crippen molar-refractivity contribution in [3.05, 3.63) is 100 Å². The molecule has 0 unspecified atom stereocenters. The molecular weight excluding hydrogens is 362 g/mol. The molecule has 0 aliphatic heterocycles. The summed E-state index contributed by atoms with van der Waals surface area (Å²) in [6.45, 7) is 3.24. The van der Waals surface area contributed by atoms with Crippen LogP contribution < -0.4 is 10.1 Å². The lowest BCUT2D eigenvalue weighted by molar-refractivity contribution is 0.305. The Morgan fingerprint density at radius 2 is 1.73 bits per heavy atom. The third kappa shape index (κ3) is 5.07. The molecule has 132 valence electrons. The average molecular weight is 382 g/mol. The Labute approximate surface area is 164 Å². The maximum absolute atomic E-state index is 5.98. The minimum absolute atomic E-state index is 0.467. The van der Waals surface area contributed by atoms with Gasteiger partial charge >= 0.3 is 0 Å². The van der Waals surface area contributed by atoms with Crippen LogP contribution in [0, 0.1) is 6.92 Å². The second-order valence-corrected chi connectivity index (χ2v) is 6.93. The molecule has 0 aromatic heterocycles. The molecule has 0 aliphatic rings. The summed E-state index contributed by atoms with van der Waals surface area (Å²) in [5, 5.41) is 4.04. The number of hydrogen-bond acceptors (Lipinski definition) is 2. The number of thiocarbonyl (C=S) groups is 1. The Hall–Kier alpha value is -2.36. The SMILES string of the molecule is Cc1cccc(CNC(=S)c2ccccc2OCc2ccc(Cl)cc2)c1. The van der Waals surface area contributed by atoms with E-state index in [1.165, 1.54) is 11.1 Å². The van der Waals surface area contributed by atoms with Gasteiger partial charge in [0.25, 0.3) is 0 Å². The smallest absolute Gasteiger partial charge is 0.129 e. The van der Waals surface area contributed by atoms with Crippen molar-refractivity contribution in [2.45, 2.75) is 20.1 Å². The maximum atomic E-state index is 5.98. The molecule has 3 aromatic rings. The predicted octanol–water partition coefficient (Wildman–Crippen LogP) is 5.69. The molecule has 0 aliphatic carbocycles. The molecule has 0 atom stereocenters. The van der Waals surface area contributed by atoms with Crippen molar-refractivity contribution in [1.29, 1.82) is 0 Å². The zero-order chi connectivity index (χ0) is 18.4. The van der Waals surface area contributed by atoms with Crippen LogP contribution in [0.5, 0.6) is 5.75 Å². The number of aryl methyl sites for hydroxylation is 1. The molecule has 3 rings (SSSR count). The van der Waals surface area contributed by atoms with E-state index in [1.54, 1.807) is 0 Å². The lowest BCUT2D eigenvalue weighted by atomic mass is 10.1. The van der Waals surface area contributed by atoms with E-state index in [-0.39, 0.29) is 0 Å². The Morgan fingerprint density at radius 1 is 0.962 bits per heavy atom. The Kier molecular flexibility index (Phi) is 6.26. The molecular formula is C22H20ClNOS. The van der Waals surface area contributed by atoms with Gasteiger partial charge in [0, 0.05) is 11.6 Å². The van der Waals surface area contributed by atoms with Crippen molar-refractivity contribution < 1.29 is 4.74 Å². The van der Waals surface area contributed by atoms with Crippen molar-refractivity contribution in [3.8, 4) is 5.75 Å². The van der Waals surface area contributed by atoms with Gasteiger partial charge in [0.1, 0.15) is 17.3 Å². The van der Waals surface area contributed by atoms with E-state index in [1.807, 2.05) is 48.5 Å². The fourth-order valence-corrected chi connectivity index (χ4v) is 2.99. The molecule has 26 heavy (non-hydrogen) atoms. The topological polar surface area (TPSA) is 21.3 Å². The number of para-hydroxylation sites is 1. The summed E-state index contributed by atoms with van der Waals surface area (Å²) in [6, 6.07) is 23.8. The van der Waals surface area contributed by atoms with E-state index in [4.69, 9.17) is 28.6 Å². The summed E-state index contributed by atoms with van der Waals surface area (Å²) in [7, 11) is 0. The third-order valence-electron chi connectivity index (χ3n) is 3.97. The number of halogens is 1. The van der Waals surface area contributed by atoms with Crippen LogP contribution in [0.25, 0.3) is 0 Å². The van der Waals surface area contributed by atoms with Crippen LogP contribution in [0.1, 0.15) is 22.3 Å². The number of benzene rings is 3. The van der Waals surface area contributed by atoms with Crippen molar-refractivity contribution in [3.63, 3.8) is 0 Å².